The molecule has 142 valence electrons. The summed E-state index contributed by atoms with van der Waals surface area (Å²) >= 11 is 0. The van der Waals surface area contributed by atoms with Crippen LogP contribution >= 0.6 is 0 Å². The summed E-state index contributed by atoms with van der Waals surface area (Å²) in [6.45, 7) is 9.90. The largest absolute Gasteiger partial charge is 0.489 e. The summed E-state index contributed by atoms with van der Waals surface area (Å²) in [6, 6.07) is 7.68. The van der Waals surface area contributed by atoms with Crippen molar-refractivity contribution in [2.75, 3.05) is 33.5 Å². The van der Waals surface area contributed by atoms with Crippen LogP contribution in [0.1, 0.15) is 33.3 Å². The minimum absolute atomic E-state index is 0.0640. The highest BCUT2D eigenvalue weighted by molar-refractivity contribution is 5.66. The monoisotopic (exact) mass is 353 g/mol. The Balaban J connectivity index is 2.60. The van der Waals surface area contributed by atoms with Gasteiger partial charge in [0.25, 0.3) is 0 Å². The second kappa shape index (κ2) is 11.1. The van der Waals surface area contributed by atoms with Crippen molar-refractivity contribution in [2.24, 2.45) is 0 Å². The molecule has 1 unspecified atom stereocenters. The van der Waals surface area contributed by atoms with Crippen LogP contribution in [0.4, 0.5) is 0 Å². The van der Waals surface area contributed by atoms with Crippen molar-refractivity contribution < 1.29 is 23.7 Å². The van der Waals surface area contributed by atoms with Crippen LogP contribution in [-0.4, -0.2) is 51.1 Å². The maximum Gasteiger partial charge on any atom is 0.303 e. The van der Waals surface area contributed by atoms with Crippen LogP contribution in [0.2, 0.25) is 0 Å². The lowest BCUT2D eigenvalue weighted by molar-refractivity contribution is -0.147. The molecular weight excluding hydrogens is 322 g/mol. The van der Waals surface area contributed by atoms with E-state index in [2.05, 4.69) is 26.1 Å². The molecule has 0 radical (unpaired) electrons. The van der Waals surface area contributed by atoms with Crippen LogP contribution < -0.4 is 10.1 Å². The van der Waals surface area contributed by atoms with Crippen LogP contribution in [-0.2, 0) is 25.6 Å². The first-order chi connectivity index (χ1) is 11.8. The van der Waals surface area contributed by atoms with E-state index in [0.717, 1.165) is 11.3 Å². The van der Waals surface area contributed by atoms with Crippen molar-refractivity contribution in [3.8, 4) is 5.75 Å². The van der Waals surface area contributed by atoms with Crippen molar-refractivity contribution >= 4 is 5.97 Å². The van der Waals surface area contributed by atoms with Crippen molar-refractivity contribution in [3.05, 3.63) is 29.8 Å². The standard InChI is InChI=1S/C19H31NO5/c1-15(21)25-17(12-20-19(2,3)4)14-24-18-9-7-6-8-16(18)13-23-11-10-22-5/h6-9,17,20H,10-14H2,1-5H3. The number of nitrogens with one attached hydrogen (secondary N) is 1. The number of ether oxygens (including phenoxy) is 4. The smallest absolute Gasteiger partial charge is 0.303 e. The molecule has 0 fully saturated rings. The molecule has 0 heterocycles. The van der Waals surface area contributed by atoms with Gasteiger partial charge in [0.1, 0.15) is 18.5 Å². The normalized spacial score (nSPS) is 12.7. The zero-order chi connectivity index (χ0) is 18.7. The van der Waals surface area contributed by atoms with Crippen LogP contribution in [0.25, 0.3) is 0 Å². The average Bonchev–Trinajstić information content (AvgIpc) is 2.54. The Kier molecular flexibility index (Phi) is 9.49. The number of hydrogen-bond acceptors (Lipinski definition) is 6. The third-order valence-corrected chi connectivity index (χ3v) is 3.28. The number of carbonyl (C=O) groups is 1. The molecule has 6 heteroatoms. The molecule has 0 aliphatic rings. The van der Waals surface area contributed by atoms with Gasteiger partial charge < -0.3 is 24.3 Å². The van der Waals surface area contributed by atoms with E-state index in [1.165, 1.54) is 6.92 Å². The Hall–Kier alpha value is -1.63. The molecule has 1 aromatic rings. The second-order valence-electron chi connectivity index (χ2n) is 6.83. The Labute approximate surface area is 150 Å². The molecule has 1 atom stereocenters. The van der Waals surface area contributed by atoms with Gasteiger partial charge in [-0.25, -0.2) is 0 Å². The molecule has 0 saturated heterocycles. The third-order valence-electron chi connectivity index (χ3n) is 3.28. The van der Waals surface area contributed by atoms with Crippen LogP contribution in [0.5, 0.6) is 5.75 Å². The summed E-state index contributed by atoms with van der Waals surface area (Å²) in [6.07, 6.45) is -0.362. The summed E-state index contributed by atoms with van der Waals surface area (Å²) in [5.74, 6) is 0.410. The fourth-order valence-electron chi connectivity index (χ4n) is 2.06. The van der Waals surface area contributed by atoms with Crippen molar-refractivity contribution in [2.45, 2.75) is 45.9 Å². The number of para-hydroxylation sites is 1. The van der Waals surface area contributed by atoms with E-state index in [0.29, 0.717) is 26.4 Å². The Bertz CT molecular complexity index is 513. The lowest BCUT2D eigenvalue weighted by Gasteiger charge is -2.25. The van der Waals surface area contributed by atoms with Crippen molar-refractivity contribution in [3.63, 3.8) is 0 Å². The molecule has 0 aliphatic heterocycles. The molecule has 0 amide bonds. The SMILES string of the molecule is COCCOCc1ccccc1OCC(CNC(C)(C)C)OC(C)=O. The summed E-state index contributed by atoms with van der Waals surface area (Å²) in [4.78, 5) is 11.3. The maximum absolute atomic E-state index is 11.3. The molecule has 0 saturated carbocycles. The van der Waals surface area contributed by atoms with Gasteiger partial charge in [0.15, 0.2) is 0 Å². The summed E-state index contributed by atoms with van der Waals surface area (Å²) in [7, 11) is 1.64. The number of carbonyl (C=O) groups excluding carboxylic acids is 1. The van der Waals surface area contributed by atoms with E-state index in [4.69, 9.17) is 18.9 Å². The number of benzene rings is 1. The predicted octanol–water partition coefficient (Wildman–Crippen LogP) is 2.55. The van der Waals surface area contributed by atoms with Gasteiger partial charge in [-0.15, -0.1) is 0 Å². The topological polar surface area (TPSA) is 66.0 Å². The summed E-state index contributed by atoms with van der Waals surface area (Å²) in [5, 5.41) is 3.33. The lowest BCUT2D eigenvalue weighted by atomic mass is 10.1. The first kappa shape index (κ1) is 21.4. The van der Waals surface area contributed by atoms with E-state index in [-0.39, 0.29) is 24.2 Å². The first-order valence-electron chi connectivity index (χ1n) is 8.51. The van der Waals surface area contributed by atoms with E-state index < -0.39 is 0 Å². The Morgan fingerprint density at radius 2 is 1.92 bits per heavy atom. The summed E-state index contributed by atoms with van der Waals surface area (Å²) in [5.41, 5.74) is 0.884. The molecule has 0 spiro atoms. The number of hydrogen-bond donors (Lipinski definition) is 1. The minimum Gasteiger partial charge on any atom is -0.489 e. The fraction of sp³-hybridized carbons (Fsp3) is 0.632. The zero-order valence-corrected chi connectivity index (χ0v) is 16.0. The molecule has 1 N–H and O–H groups in total. The second-order valence-corrected chi connectivity index (χ2v) is 6.83. The highest BCUT2D eigenvalue weighted by Crippen LogP contribution is 2.19. The molecule has 1 rings (SSSR count). The Morgan fingerprint density at radius 3 is 2.56 bits per heavy atom. The molecule has 25 heavy (non-hydrogen) atoms. The van der Waals surface area contributed by atoms with Gasteiger partial charge in [-0.2, -0.15) is 0 Å². The molecule has 0 aromatic heterocycles. The minimum atomic E-state index is -0.362. The number of rotatable bonds is 11. The van der Waals surface area contributed by atoms with Gasteiger partial charge in [-0.05, 0) is 26.8 Å². The van der Waals surface area contributed by atoms with Crippen LogP contribution in [0.15, 0.2) is 24.3 Å². The molecular formula is C19H31NO5. The van der Waals surface area contributed by atoms with Crippen LogP contribution in [0, 0.1) is 0 Å². The van der Waals surface area contributed by atoms with E-state index >= 15 is 0 Å². The quantitative estimate of drug-likeness (QED) is 0.487. The number of esters is 1. The van der Waals surface area contributed by atoms with Gasteiger partial charge in [0.05, 0.1) is 19.8 Å². The maximum atomic E-state index is 11.3. The van der Waals surface area contributed by atoms with Crippen molar-refractivity contribution in [1.82, 2.24) is 5.32 Å². The average molecular weight is 353 g/mol. The van der Waals surface area contributed by atoms with Crippen molar-refractivity contribution in [1.29, 1.82) is 0 Å². The first-order valence-corrected chi connectivity index (χ1v) is 8.51. The molecule has 6 nitrogen and oxygen atoms in total. The Morgan fingerprint density at radius 1 is 1.20 bits per heavy atom. The third kappa shape index (κ3) is 10.1. The van der Waals surface area contributed by atoms with Gasteiger partial charge in [0, 0.05) is 31.7 Å². The van der Waals surface area contributed by atoms with Gasteiger partial charge >= 0.3 is 5.97 Å². The predicted molar refractivity (Wildman–Crippen MR) is 96.8 cm³/mol. The molecule has 1 aromatic carbocycles. The van der Waals surface area contributed by atoms with E-state index in [9.17, 15) is 4.79 Å². The zero-order valence-electron chi connectivity index (χ0n) is 16.0. The molecule has 0 bridgehead atoms. The van der Waals surface area contributed by atoms with Gasteiger partial charge in [0.2, 0.25) is 0 Å². The highest BCUT2D eigenvalue weighted by Gasteiger charge is 2.18. The lowest BCUT2D eigenvalue weighted by Crippen LogP contribution is -2.44. The van der Waals surface area contributed by atoms with Crippen LogP contribution in [0.3, 0.4) is 0 Å². The van der Waals surface area contributed by atoms with E-state index in [1.807, 2.05) is 24.3 Å². The van der Waals surface area contributed by atoms with Gasteiger partial charge in [-0.3, -0.25) is 4.79 Å². The van der Waals surface area contributed by atoms with Gasteiger partial charge in [-0.1, -0.05) is 18.2 Å². The fourth-order valence-corrected chi connectivity index (χ4v) is 2.06. The molecule has 0 aliphatic carbocycles. The van der Waals surface area contributed by atoms with E-state index in [1.54, 1.807) is 7.11 Å². The highest BCUT2D eigenvalue weighted by atomic mass is 16.6. The number of methoxy groups -OCH3 is 1. The summed E-state index contributed by atoms with van der Waals surface area (Å²) < 4.78 is 21.8.